The van der Waals surface area contributed by atoms with Crippen molar-refractivity contribution in [1.82, 2.24) is 5.32 Å². The second-order valence-electron chi connectivity index (χ2n) is 6.86. The van der Waals surface area contributed by atoms with Crippen molar-refractivity contribution in [3.8, 4) is 5.75 Å². The summed E-state index contributed by atoms with van der Waals surface area (Å²) < 4.78 is 5.23. The quantitative estimate of drug-likeness (QED) is 0.824. The van der Waals surface area contributed by atoms with Crippen LogP contribution in [0.3, 0.4) is 0 Å². The molecule has 3 nitrogen and oxygen atoms in total. The summed E-state index contributed by atoms with van der Waals surface area (Å²) in [5, 5.41) is 3.32. The Bertz CT molecular complexity index is 688. The molecule has 1 fully saturated rings. The van der Waals surface area contributed by atoms with E-state index in [0.717, 1.165) is 49.0 Å². The van der Waals surface area contributed by atoms with E-state index in [4.69, 9.17) is 4.74 Å². The van der Waals surface area contributed by atoms with Crippen LogP contribution >= 0.6 is 0 Å². The molecule has 1 aliphatic carbocycles. The monoisotopic (exact) mass is 337 g/mol. The third-order valence-corrected chi connectivity index (χ3v) is 5.45. The van der Waals surface area contributed by atoms with Crippen molar-refractivity contribution in [2.24, 2.45) is 0 Å². The van der Waals surface area contributed by atoms with E-state index in [9.17, 15) is 4.79 Å². The van der Waals surface area contributed by atoms with Crippen LogP contribution in [0.1, 0.15) is 56.2 Å². The summed E-state index contributed by atoms with van der Waals surface area (Å²) in [6, 6.07) is 18.3. The molecule has 0 heterocycles. The Balaban J connectivity index is 1.82. The number of carbonyl (C=O) groups is 1. The summed E-state index contributed by atoms with van der Waals surface area (Å²) in [4.78, 5) is 13.3. The molecule has 1 aliphatic rings. The van der Waals surface area contributed by atoms with Gasteiger partial charge in [-0.25, -0.2) is 0 Å². The minimum absolute atomic E-state index is 0.0274. The van der Waals surface area contributed by atoms with Crippen molar-refractivity contribution >= 4 is 5.91 Å². The van der Waals surface area contributed by atoms with Crippen LogP contribution in [0, 0.1) is 0 Å². The minimum Gasteiger partial charge on any atom is -0.497 e. The summed E-state index contributed by atoms with van der Waals surface area (Å²) in [6.45, 7) is 2.11. The summed E-state index contributed by atoms with van der Waals surface area (Å²) in [7, 11) is 1.66. The van der Waals surface area contributed by atoms with Crippen LogP contribution in [-0.4, -0.2) is 13.0 Å². The fraction of sp³-hybridized carbons (Fsp3) is 0.409. The van der Waals surface area contributed by atoms with Gasteiger partial charge in [0.1, 0.15) is 5.75 Å². The van der Waals surface area contributed by atoms with Crippen molar-refractivity contribution in [2.75, 3.05) is 7.11 Å². The largest absolute Gasteiger partial charge is 0.497 e. The molecule has 1 saturated carbocycles. The molecule has 132 valence electrons. The maximum Gasteiger partial charge on any atom is 0.231 e. The second-order valence-corrected chi connectivity index (χ2v) is 6.86. The standard InChI is InChI=1S/C22H27NO2/c1-3-20(17-11-13-19(25-2)14-12-17)23-21(24)22(15-7-8-16-22)18-9-5-4-6-10-18/h4-6,9-14,20H,3,7-8,15-16H2,1-2H3,(H,23,24)/t20-/m0/s1. The van der Waals surface area contributed by atoms with Crippen LogP contribution < -0.4 is 10.1 Å². The van der Waals surface area contributed by atoms with Crippen molar-refractivity contribution in [3.63, 3.8) is 0 Å². The normalized spacial score (nSPS) is 17.0. The lowest BCUT2D eigenvalue weighted by atomic mass is 9.77. The van der Waals surface area contributed by atoms with Gasteiger partial charge >= 0.3 is 0 Å². The Morgan fingerprint density at radius 2 is 1.72 bits per heavy atom. The number of benzene rings is 2. The number of amides is 1. The van der Waals surface area contributed by atoms with Gasteiger partial charge in [0.25, 0.3) is 0 Å². The van der Waals surface area contributed by atoms with Crippen molar-refractivity contribution in [1.29, 1.82) is 0 Å². The molecule has 0 aromatic heterocycles. The molecule has 1 N–H and O–H groups in total. The Morgan fingerprint density at radius 3 is 2.28 bits per heavy atom. The molecule has 2 aromatic rings. The highest BCUT2D eigenvalue weighted by atomic mass is 16.5. The molecular formula is C22H27NO2. The van der Waals surface area contributed by atoms with E-state index in [-0.39, 0.29) is 17.4 Å². The highest BCUT2D eigenvalue weighted by molar-refractivity contribution is 5.89. The van der Waals surface area contributed by atoms with Crippen LogP contribution in [-0.2, 0) is 10.2 Å². The van der Waals surface area contributed by atoms with Crippen molar-refractivity contribution in [2.45, 2.75) is 50.5 Å². The van der Waals surface area contributed by atoms with Crippen molar-refractivity contribution in [3.05, 3.63) is 65.7 Å². The molecule has 25 heavy (non-hydrogen) atoms. The minimum atomic E-state index is -0.374. The highest BCUT2D eigenvalue weighted by Crippen LogP contribution is 2.41. The van der Waals surface area contributed by atoms with Crippen molar-refractivity contribution < 1.29 is 9.53 Å². The smallest absolute Gasteiger partial charge is 0.231 e. The van der Waals surface area contributed by atoms with E-state index >= 15 is 0 Å². The SMILES string of the molecule is CC[C@H](NC(=O)C1(c2ccccc2)CCCC1)c1ccc(OC)cc1. The summed E-state index contributed by atoms with van der Waals surface area (Å²) in [6.07, 6.45) is 4.95. The van der Waals surface area contributed by atoms with Gasteiger partial charge in [-0.15, -0.1) is 0 Å². The van der Waals surface area contributed by atoms with Crippen LogP contribution in [0.25, 0.3) is 0 Å². The molecule has 1 amide bonds. The maximum atomic E-state index is 13.3. The third-order valence-electron chi connectivity index (χ3n) is 5.45. The molecule has 0 unspecified atom stereocenters. The Hall–Kier alpha value is -2.29. The first-order valence-electron chi connectivity index (χ1n) is 9.20. The number of methoxy groups -OCH3 is 1. The van der Waals surface area contributed by atoms with E-state index < -0.39 is 0 Å². The number of ether oxygens (including phenoxy) is 1. The third kappa shape index (κ3) is 3.55. The number of hydrogen-bond acceptors (Lipinski definition) is 2. The fourth-order valence-electron chi connectivity index (χ4n) is 3.94. The molecule has 0 radical (unpaired) electrons. The lowest BCUT2D eigenvalue weighted by Gasteiger charge is -2.31. The van der Waals surface area contributed by atoms with Gasteiger partial charge in [-0.2, -0.15) is 0 Å². The van der Waals surface area contributed by atoms with E-state index in [1.54, 1.807) is 7.11 Å². The second kappa shape index (κ2) is 7.73. The number of nitrogens with one attached hydrogen (secondary N) is 1. The molecule has 1 atom stereocenters. The number of hydrogen-bond donors (Lipinski definition) is 1. The average molecular weight is 337 g/mol. The molecule has 2 aromatic carbocycles. The van der Waals surface area contributed by atoms with E-state index in [0.29, 0.717) is 0 Å². The number of carbonyl (C=O) groups excluding carboxylic acids is 1. The summed E-state index contributed by atoms with van der Waals surface area (Å²) >= 11 is 0. The molecular weight excluding hydrogens is 310 g/mol. The summed E-state index contributed by atoms with van der Waals surface area (Å²) in [5.74, 6) is 1.00. The zero-order chi connectivity index (χ0) is 17.7. The number of rotatable bonds is 6. The maximum absolute atomic E-state index is 13.3. The molecule has 3 rings (SSSR count). The van der Waals surface area contributed by atoms with Gasteiger partial charge in [0.2, 0.25) is 5.91 Å². The molecule has 0 spiro atoms. The zero-order valence-electron chi connectivity index (χ0n) is 15.1. The van der Waals surface area contributed by atoms with E-state index in [1.807, 2.05) is 42.5 Å². The first kappa shape index (κ1) is 17.5. The highest BCUT2D eigenvalue weighted by Gasteiger charge is 2.43. The van der Waals surface area contributed by atoms with Gasteiger partial charge in [-0.1, -0.05) is 62.2 Å². The van der Waals surface area contributed by atoms with Gasteiger partial charge in [0.05, 0.1) is 18.6 Å². The van der Waals surface area contributed by atoms with Gasteiger partial charge < -0.3 is 10.1 Å². The van der Waals surface area contributed by atoms with Gasteiger partial charge in [0.15, 0.2) is 0 Å². The van der Waals surface area contributed by atoms with E-state index in [2.05, 4.69) is 24.4 Å². The van der Waals surface area contributed by atoms with Gasteiger partial charge in [0, 0.05) is 0 Å². The molecule has 0 aliphatic heterocycles. The first-order chi connectivity index (χ1) is 12.2. The van der Waals surface area contributed by atoms with Crippen LogP contribution in [0.5, 0.6) is 5.75 Å². The predicted molar refractivity (Wildman–Crippen MR) is 101 cm³/mol. The van der Waals surface area contributed by atoms with Gasteiger partial charge in [-0.05, 0) is 42.5 Å². The summed E-state index contributed by atoms with van der Waals surface area (Å²) in [5.41, 5.74) is 1.90. The Labute approximate surface area is 150 Å². The van der Waals surface area contributed by atoms with E-state index in [1.165, 1.54) is 0 Å². The average Bonchev–Trinajstić information content (AvgIpc) is 3.18. The lowest BCUT2D eigenvalue weighted by Crippen LogP contribution is -2.44. The molecule has 0 saturated heterocycles. The predicted octanol–water partition coefficient (Wildman–Crippen LogP) is 4.77. The topological polar surface area (TPSA) is 38.3 Å². The molecule has 0 bridgehead atoms. The fourth-order valence-corrected chi connectivity index (χ4v) is 3.94. The first-order valence-corrected chi connectivity index (χ1v) is 9.20. The molecule has 3 heteroatoms. The Kier molecular flexibility index (Phi) is 5.42. The zero-order valence-corrected chi connectivity index (χ0v) is 15.1. The van der Waals surface area contributed by atoms with Gasteiger partial charge in [-0.3, -0.25) is 4.79 Å². The lowest BCUT2D eigenvalue weighted by molar-refractivity contribution is -0.127. The van der Waals surface area contributed by atoms with Crippen LogP contribution in [0.15, 0.2) is 54.6 Å². The Morgan fingerprint density at radius 1 is 1.08 bits per heavy atom. The van der Waals surface area contributed by atoms with Crippen LogP contribution in [0.4, 0.5) is 0 Å². The van der Waals surface area contributed by atoms with Crippen LogP contribution in [0.2, 0.25) is 0 Å².